The quantitative estimate of drug-likeness (QED) is 0.560. The lowest BCUT2D eigenvalue weighted by molar-refractivity contribution is 0.128. The molecule has 0 saturated heterocycles. The minimum Gasteiger partial charge on any atom is -0.395 e. The molecule has 0 aliphatic rings. The van der Waals surface area contributed by atoms with Gasteiger partial charge in [-0.3, -0.25) is 0 Å². The van der Waals surface area contributed by atoms with Crippen LogP contribution in [0.5, 0.6) is 0 Å². The highest BCUT2D eigenvalue weighted by Crippen LogP contribution is 2.01. The fourth-order valence-electron chi connectivity index (χ4n) is 1.19. The molecule has 13 heavy (non-hydrogen) atoms. The van der Waals surface area contributed by atoms with Crippen LogP contribution in [-0.2, 0) is 4.74 Å². The summed E-state index contributed by atoms with van der Waals surface area (Å²) in [6, 6.07) is 0.0946. The first-order valence-corrected chi connectivity index (χ1v) is 5.03. The number of methoxy groups -OCH3 is 1. The second kappa shape index (κ2) is 8.48. The fourth-order valence-corrected chi connectivity index (χ4v) is 1.19. The Morgan fingerprint density at radius 1 is 1.38 bits per heavy atom. The van der Waals surface area contributed by atoms with E-state index in [1.54, 1.807) is 7.11 Å². The first-order chi connectivity index (χ1) is 6.20. The van der Waals surface area contributed by atoms with Crippen molar-refractivity contribution in [2.45, 2.75) is 32.7 Å². The zero-order valence-electron chi connectivity index (χ0n) is 9.05. The van der Waals surface area contributed by atoms with Crippen LogP contribution in [0.4, 0.5) is 0 Å². The first kappa shape index (κ1) is 12.9. The summed E-state index contributed by atoms with van der Waals surface area (Å²) < 4.78 is 4.95. The molecule has 0 spiro atoms. The second-order valence-electron chi connectivity index (χ2n) is 3.83. The molecule has 80 valence electrons. The molecular weight excluding hydrogens is 166 g/mol. The molecule has 0 heterocycles. The summed E-state index contributed by atoms with van der Waals surface area (Å²) in [5.41, 5.74) is 0. The van der Waals surface area contributed by atoms with Crippen LogP contribution >= 0.6 is 0 Å². The topological polar surface area (TPSA) is 41.5 Å². The maximum Gasteiger partial charge on any atom is 0.0638 e. The molecular formula is C10H23NO2. The van der Waals surface area contributed by atoms with Crippen molar-refractivity contribution in [1.82, 2.24) is 5.32 Å². The Morgan fingerprint density at radius 2 is 2.08 bits per heavy atom. The molecule has 1 unspecified atom stereocenters. The van der Waals surface area contributed by atoms with Gasteiger partial charge >= 0.3 is 0 Å². The van der Waals surface area contributed by atoms with Crippen LogP contribution < -0.4 is 5.32 Å². The second-order valence-corrected chi connectivity index (χ2v) is 3.83. The molecule has 0 aromatic rings. The lowest BCUT2D eigenvalue weighted by Crippen LogP contribution is -2.37. The molecule has 0 fully saturated rings. The van der Waals surface area contributed by atoms with E-state index in [2.05, 4.69) is 19.2 Å². The van der Waals surface area contributed by atoms with Crippen LogP contribution in [0.15, 0.2) is 0 Å². The lowest BCUT2D eigenvalue weighted by atomic mass is 10.1. The van der Waals surface area contributed by atoms with E-state index in [9.17, 15) is 0 Å². The molecule has 3 nitrogen and oxygen atoms in total. The molecule has 0 rings (SSSR count). The Balaban J connectivity index is 3.27. The zero-order chi connectivity index (χ0) is 10.1. The SMILES string of the molecule is COCC(CO)NCCCC(C)C. The predicted molar refractivity (Wildman–Crippen MR) is 54.8 cm³/mol. The van der Waals surface area contributed by atoms with Gasteiger partial charge in [-0.25, -0.2) is 0 Å². The highest BCUT2D eigenvalue weighted by molar-refractivity contribution is 4.64. The van der Waals surface area contributed by atoms with E-state index in [-0.39, 0.29) is 12.6 Å². The van der Waals surface area contributed by atoms with Gasteiger partial charge in [0.05, 0.1) is 19.3 Å². The highest BCUT2D eigenvalue weighted by Gasteiger charge is 2.04. The number of hydrogen-bond donors (Lipinski definition) is 2. The summed E-state index contributed by atoms with van der Waals surface area (Å²) in [6.07, 6.45) is 2.40. The van der Waals surface area contributed by atoms with E-state index in [1.165, 1.54) is 6.42 Å². The van der Waals surface area contributed by atoms with Crippen LogP contribution in [0.1, 0.15) is 26.7 Å². The Kier molecular flexibility index (Phi) is 8.40. The van der Waals surface area contributed by atoms with Crippen molar-refractivity contribution in [3.8, 4) is 0 Å². The third-order valence-electron chi connectivity index (χ3n) is 1.98. The molecule has 0 aromatic carbocycles. The van der Waals surface area contributed by atoms with E-state index in [0.717, 1.165) is 18.9 Å². The highest BCUT2D eigenvalue weighted by atomic mass is 16.5. The van der Waals surface area contributed by atoms with Crippen LogP contribution in [0.2, 0.25) is 0 Å². The maximum atomic E-state index is 8.92. The van der Waals surface area contributed by atoms with Crippen molar-refractivity contribution in [3.63, 3.8) is 0 Å². The molecule has 0 bridgehead atoms. The van der Waals surface area contributed by atoms with Gasteiger partial charge in [-0.15, -0.1) is 0 Å². The smallest absolute Gasteiger partial charge is 0.0638 e. The number of hydrogen-bond acceptors (Lipinski definition) is 3. The number of ether oxygens (including phenoxy) is 1. The van der Waals surface area contributed by atoms with Gasteiger partial charge < -0.3 is 15.2 Å². The average Bonchev–Trinajstić information content (AvgIpc) is 2.10. The lowest BCUT2D eigenvalue weighted by Gasteiger charge is -2.15. The standard InChI is InChI=1S/C10H23NO2/c1-9(2)5-4-6-11-10(7-12)8-13-3/h9-12H,4-8H2,1-3H3. The van der Waals surface area contributed by atoms with Crippen molar-refractivity contribution in [2.75, 3.05) is 26.9 Å². The first-order valence-electron chi connectivity index (χ1n) is 5.03. The molecule has 3 heteroatoms. The van der Waals surface area contributed by atoms with E-state index < -0.39 is 0 Å². The van der Waals surface area contributed by atoms with E-state index in [4.69, 9.17) is 9.84 Å². The summed E-state index contributed by atoms with van der Waals surface area (Å²) in [5.74, 6) is 0.761. The number of aliphatic hydroxyl groups excluding tert-OH is 1. The van der Waals surface area contributed by atoms with Gasteiger partial charge in [-0.05, 0) is 25.3 Å². The van der Waals surface area contributed by atoms with Crippen molar-refractivity contribution in [2.24, 2.45) is 5.92 Å². The van der Waals surface area contributed by atoms with E-state index >= 15 is 0 Å². The minimum absolute atomic E-state index is 0.0946. The van der Waals surface area contributed by atoms with Crippen molar-refractivity contribution < 1.29 is 9.84 Å². The summed E-state index contributed by atoms with van der Waals surface area (Å²) >= 11 is 0. The molecule has 2 N–H and O–H groups in total. The Labute approximate surface area is 81.5 Å². The third-order valence-corrected chi connectivity index (χ3v) is 1.98. The zero-order valence-corrected chi connectivity index (χ0v) is 9.05. The summed E-state index contributed by atoms with van der Waals surface area (Å²) in [6.45, 7) is 6.14. The van der Waals surface area contributed by atoms with Crippen LogP contribution in [0.25, 0.3) is 0 Å². The van der Waals surface area contributed by atoms with Crippen LogP contribution in [-0.4, -0.2) is 38.0 Å². The van der Waals surface area contributed by atoms with Gasteiger partial charge in [0.25, 0.3) is 0 Å². The van der Waals surface area contributed by atoms with Crippen molar-refractivity contribution in [1.29, 1.82) is 0 Å². The van der Waals surface area contributed by atoms with Crippen molar-refractivity contribution in [3.05, 3.63) is 0 Å². The number of rotatable bonds is 8. The monoisotopic (exact) mass is 189 g/mol. The van der Waals surface area contributed by atoms with Crippen LogP contribution in [0.3, 0.4) is 0 Å². The van der Waals surface area contributed by atoms with Gasteiger partial charge in [0.1, 0.15) is 0 Å². The fraction of sp³-hybridized carbons (Fsp3) is 1.00. The Bertz CT molecular complexity index is 107. The molecule has 0 amide bonds. The van der Waals surface area contributed by atoms with E-state index in [1.807, 2.05) is 0 Å². The normalized spacial score (nSPS) is 13.6. The molecule has 1 atom stereocenters. The predicted octanol–water partition coefficient (Wildman–Crippen LogP) is 1.02. The molecule has 0 radical (unpaired) electrons. The average molecular weight is 189 g/mol. The van der Waals surface area contributed by atoms with Gasteiger partial charge in [0, 0.05) is 7.11 Å². The molecule has 0 aliphatic heterocycles. The Morgan fingerprint density at radius 3 is 2.54 bits per heavy atom. The minimum atomic E-state index is 0.0946. The molecule has 0 aliphatic carbocycles. The summed E-state index contributed by atoms with van der Waals surface area (Å²) in [4.78, 5) is 0. The molecule has 0 saturated carbocycles. The van der Waals surface area contributed by atoms with Crippen LogP contribution in [0, 0.1) is 5.92 Å². The Hall–Kier alpha value is -0.120. The van der Waals surface area contributed by atoms with E-state index in [0.29, 0.717) is 6.61 Å². The van der Waals surface area contributed by atoms with Gasteiger partial charge in [0.2, 0.25) is 0 Å². The summed E-state index contributed by atoms with van der Waals surface area (Å²) in [5, 5.41) is 12.2. The van der Waals surface area contributed by atoms with Gasteiger partial charge in [-0.1, -0.05) is 13.8 Å². The summed E-state index contributed by atoms with van der Waals surface area (Å²) in [7, 11) is 1.65. The largest absolute Gasteiger partial charge is 0.395 e. The number of nitrogens with one attached hydrogen (secondary N) is 1. The molecule has 0 aromatic heterocycles. The van der Waals surface area contributed by atoms with Crippen molar-refractivity contribution >= 4 is 0 Å². The maximum absolute atomic E-state index is 8.92. The number of aliphatic hydroxyl groups is 1. The van der Waals surface area contributed by atoms with Gasteiger partial charge in [-0.2, -0.15) is 0 Å². The van der Waals surface area contributed by atoms with Gasteiger partial charge in [0.15, 0.2) is 0 Å². The third kappa shape index (κ3) is 8.22.